The van der Waals surface area contributed by atoms with E-state index in [0.29, 0.717) is 13.0 Å². The lowest BCUT2D eigenvalue weighted by Gasteiger charge is -2.24. The molecule has 0 spiro atoms. The summed E-state index contributed by atoms with van der Waals surface area (Å²) in [7, 11) is 0. The molecule has 2 nitrogen and oxygen atoms in total. The highest BCUT2D eigenvalue weighted by Crippen LogP contribution is 2.31. The first-order chi connectivity index (χ1) is 5.41. The highest BCUT2D eigenvalue weighted by molar-refractivity contribution is 14.1. The number of hydrogen-bond acceptors (Lipinski definition) is 2. The molecule has 0 amide bonds. The molecule has 6 heteroatoms. The molecule has 1 rings (SSSR count). The summed E-state index contributed by atoms with van der Waals surface area (Å²) in [6, 6.07) is 0. The summed E-state index contributed by atoms with van der Waals surface area (Å²) in [6.45, 7) is 0.460. The Labute approximate surface area is 81.9 Å². The minimum absolute atomic E-state index is 0.132. The number of rotatable bonds is 1. The zero-order valence-corrected chi connectivity index (χ0v) is 8.34. The molecule has 1 aliphatic rings. The van der Waals surface area contributed by atoms with E-state index in [2.05, 4.69) is 0 Å². The Morgan fingerprint density at radius 3 is 2.42 bits per heavy atom. The van der Waals surface area contributed by atoms with Crippen molar-refractivity contribution in [1.82, 2.24) is 4.90 Å². The third-order valence-corrected chi connectivity index (χ3v) is 3.28. The number of nitrogens with zero attached hydrogens (tertiary/aromatic N) is 1. The van der Waals surface area contributed by atoms with Gasteiger partial charge < -0.3 is 5.11 Å². The first-order valence-corrected chi connectivity index (χ1v) is 4.78. The second kappa shape index (κ2) is 3.67. The van der Waals surface area contributed by atoms with Gasteiger partial charge in [0.1, 0.15) is 0 Å². The van der Waals surface area contributed by atoms with Gasteiger partial charge in [0.15, 0.2) is 4.05 Å². The lowest BCUT2D eigenvalue weighted by Crippen LogP contribution is -2.40. The monoisotopic (exact) mass is 295 g/mol. The molecule has 2 unspecified atom stereocenters. The van der Waals surface area contributed by atoms with Crippen LogP contribution in [0, 0.1) is 0 Å². The highest BCUT2D eigenvalue weighted by Gasteiger charge is 2.43. The van der Waals surface area contributed by atoms with Gasteiger partial charge >= 0.3 is 6.18 Å². The van der Waals surface area contributed by atoms with Crippen LogP contribution in [-0.2, 0) is 0 Å². The van der Waals surface area contributed by atoms with Crippen molar-refractivity contribution in [3.05, 3.63) is 0 Å². The molecule has 12 heavy (non-hydrogen) atoms. The number of likely N-dealkylation sites (tertiary alicyclic amines) is 1. The van der Waals surface area contributed by atoms with Crippen LogP contribution < -0.4 is 0 Å². The second-order valence-electron chi connectivity index (χ2n) is 2.81. The lowest BCUT2D eigenvalue weighted by atomic mass is 10.3. The van der Waals surface area contributed by atoms with Gasteiger partial charge in [-0.25, -0.2) is 0 Å². The standard InChI is InChI=1S/C6H9F3INO/c7-6(8,9)5(10)11-2-1-4(12)3-11/h4-5,12H,1-3H2. The molecule has 1 N–H and O–H groups in total. The van der Waals surface area contributed by atoms with Crippen molar-refractivity contribution in [2.24, 2.45) is 0 Å². The average molecular weight is 295 g/mol. The van der Waals surface area contributed by atoms with E-state index < -0.39 is 16.3 Å². The number of alkyl halides is 4. The Morgan fingerprint density at radius 2 is 2.08 bits per heavy atom. The third-order valence-electron chi connectivity index (χ3n) is 1.79. The molecule has 0 aromatic rings. The van der Waals surface area contributed by atoms with Gasteiger partial charge in [0.05, 0.1) is 6.10 Å². The van der Waals surface area contributed by atoms with E-state index in [0.717, 1.165) is 0 Å². The van der Waals surface area contributed by atoms with E-state index in [1.807, 2.05) is 0 Å². The van der Waals surface area contributed by atoms with Crippen molar-refractivity contribution in [1.29, 1.82) is 0 Å². The fourth-order valence-corrected chi connectivity index (χ4v) is 1.69. The van der Waals surface area contributed by atoms with Gasteiger partial charge in [0.25, 0.3) is 0 Å². The van der Waals surface area contributed by atoms with Crippen LogP contribution in [0.25, 0.3) is 0 Å². The molecular weight excluding hydrogens is 286 g/mol. The van der Waals surface area contributed by atoms with E-state index in [-0.39, 0.29) is 6.54 Å². The average Bonchev–Trinajstić information content (AvgIpc) is 2.32. The normalized spacial score (nSPS) is 29.2. The molecule has 1 heterocycles. The minimum atomic E-state index is -4.19. The first kappa shape index (κ1) is 10.5. The summed E-state index contributed by atoms with van der Waals surface area (Å²) >= 11 is 1.35. The van der Waals surface area contributed by atoms with Gasteiger partial charge in [0, 0.05) is 13.1 Å². The van der Waals surface area contributed by atoms with Crippen molar-refractivity contribution >= 4 is 22.6 Å². The fraction of sp³-hybridized carbons (Fsp3) is 1.00. The molecular formula is C6H9F3INO. The maximum Gasteiger partial charge on any atom is 0.413 e. The number of aliphatic hydroxyl groups is 1. The van der Waals surface area contributed by atoms with Crippen LogP contribution in [0.1, 0.15) is 6.42 Å². The number of aliphatic hydroxyl groups excluding tert-OH is 1. The van der Waals surface area contributed by atoms with Crippen molar-refractivity contribution in [2.75, 3.05) is 13.1 Å². The van der Waals surface area contributed by atoms with Gasteiger partial charge in [-0.1, -0.05) is 22.6 Å². The highest BCUT2D eigenvalue weighted by atomic mass is 127. The molecule has 2 atom stereocenters. The molecule has 1 aliphatic heterocycles. The molecule has 1 saturated heterocycles. The van der Waals surface area contributed by atoms with E-state index in [9.17, 15) is 13.2 Å². The smallest absolute Gasteiger partial charge is 0.392 e. The van der Waals surface area contributed by atoms with Gasteiger partial charge in [-0.3, -0.25) is 4.90 Å². The van der Waals surface area contributed by atoms with E-state index >= 15 is 0 Å². The van der Waals surface area contributed by atoms with Gasteiger partial charge in [-0.2, -0.15) is 13.2 Å². The van der Waals surface area contributed by atoms with Crippen LogP contribution >= 0.6 is 22.6 Å². The Morgan fingerprint density at radius 1 is 1.50 bits per heavy atom. The Hall–Kier alpha value is 0.440. The Kier molecular flexibility index (Phi) is 3.21. The van der Waals surface area contributed by atoms with Crippen LogP contribution in [0.2, 0.25) is 0 Å². The first-order valence-electron chi connectivity index (χ1n) is 3.54. The van der Waals surface area contributed by atoms with Crippen LogP contribution in [0.5, 0.6) is 0 Å². The third kappa shape index (κ3) is 2.46. The molecule has 0 bridgehead atoms. The molecule has 0 radical (unpaired) electrons. The van der Waals surface area contributed by atoms with Gasteiger partial charge in [0.2, 0.25) is 0 Å². The SMILES string of the molecule is OC1CCN(C(I)C(F)(F)F)C1. The number of halogens is 4. The molecule has 0 aromatic carbocycles. The quantitative estimate of drug-likeness (QED) is 0.449. The van der Waals surface area contributed by atoms with Crippen molar-refractivity contribution in [3.63, 3.8) is 0 Å². The van der Waals surface area contributed by atoms with Crippen molar-refractivity contribution in [3.8, 4) is 0 Å². The predicted octanol–water partition coefficient (Wildman–Crippen LogP) is 1.38. The summed E-state index contributed by atoms with van der Waals surface area (Å²) in [5.41, 5.74) is 0. The Bertz CT molecular complexity index is 163. The lowest BCUT2D eigenvalue weighted by molar-refractivity contribution is -0.150. The van der Waals surface area contributed by atoms with Crippen LogP contribution in [0.15, 0.2) is 0 Å². The zero-order valence-electron chi connectivity index (χ0n) is 6.18. The molecule has 72 valence electrons. The molecule has 0 aliphatic carbocycles. The molecule has 0 saturated carbocycles. The zero-order chi connectivity index (χ0) is 9.35. The van der Waals surface area contributed by atoms with Gasteiger partial charge in [-0.15, -0.1) is 0 Å². The molecule has 1 fully saturated rings. The summed E-state index contributed by atoms with van der Waals surface area (Å²) in [5.74, 6) is 0. The summed E-state index contributed by atoms with van der Waals surface area (Å²) in [6.07, 6.45) is -4.34. The van der Waals surface area contributed by atoms with Crippen LogP contribution in [-0.4, -0.2) is 39.4 Å². The maximum atomic E-state index is 12.1. The number of β-amino-alcohol motifs (C(OH)–C–C–N with tert-alkyl or cyclic N) is 1. The van der Waals surface area contributed by atoms with Crippen LogP contribution in [0.4, 0.5) is 13.2 Å². The summed E-state index contributed by atoms with van der Waals surface area (Å²) in [5, 5.41) is 9.00. The molecule has 0 aromatic heterocycles. The second-order valence-corrected chi connectivity index (χ2v) is 3.99. The van der Waals surface area contributed by atoms with Gasteiger partial charge in [-0.05, 0) is 6.42 Å². The van der Waals surface area contributed by atoms with E-state index in [1.54, 1.807) is 0 Å². The maximum absolute atomic E-state index is 12.1. The van der Waals surface area contributed by atoms with E-state index in [4.69, 9.17) is 5.11 Å². The summed E-state index contributed by atoms with van der Waals surface area (Å²) < 4.78 is 34.8. The number of hydrogen-bond donors (Lipinski definition) is 1. The van der Waals surface area contributed by atoms with Crippen molar-refractivity contribution < 1.29 is 18.3 Å². The topological polar surface area (TPSA) is 23.5 Å². The van der Waals surface area contributed by atoms with E-state index in [1.165, 1.54) is 27.5 Å². The largest absolute Gasteiger partial charge is 0.413 e. The van der Waals surface area contributed by atoms with Crippen molar-refractivity contribution in [2.45, 2.75) is 22.7 Å². The Balaban J connectivity index is 2.48. The summed E-state index contributed by atoms with van der Waals surface area (Å²) in [4.78, 5) is 1.24. The predicted molar refractivity (Wildman–Crippen MR) is 46.1 cm³/mol. The minimum Gasteiger partial charge on any atom is -0.392 e. The van der Waals surface area contributed by atoms with Crippen LogP contribution in [0.3, 0.4) is 0 Å². The fourth-order valence-electron chi connectivity index (χ4n) is 1.18.